The van der Waals surface area contributed by atoms with Gasteiger partial charge < -0.3 is 9.32 Å². The second-order valence-electron chi connectivity index (χ2n) is 5.02. The fourth-order valence-electron chi connectivity index (χ4n) is 2.46. The summed E-state index contributed by atoms with van der Waals surface area (Å²) >= 11 is 0. The summed E-state index contributed by atoms with van der Waals surface area (Å²) in [5, 5.41) is 0. The number of likely N-dealkylation sites (N-methyl/N-ethyl adjacent to an activating group) is 1. The number of rotatable bonds is 3. The van der Waals surface area contributed by atoms with Gasteiger partial charge in [-0.15, -0.1) is 0 Å². The van der Waals surface area contributed by atoms with E-state index >= 15 is 0 Å². The average Bonchev–Trinajstić information content (AvgIpc) is 2.82. The minimum Gasteiger partial charge on any atom is -0.462 e. The van der Waals surface area contributed by atoms with Crippen LogP contribution in [0.1, 0.15) is 43.6 Å². The van der Waals surface area contributed by atoms with Crippen LogP contribution in [-0.2, 0) is 4.79 Å². The Hall–Kier alpha value is -1.51. The predicted octanol–water partition coefficient (Wildman–Crippen LogP) is 3.39. The van der Waals surface area contributed by atoms with Gasteiger partial charge in [-0.05, 0) is 38.0 Å². The van der Waals surface area contributed by atoms with E-state index in [0.29, 0.717) is 6.04 Å². The van der Waals surface area contributed by atoms with Gasteiger partial charge in [0.15, 0.2) is 0 Å². The van der Waals surface area contributed by atoms with Crippen LogP contribution in [0.3, 0.4) is 0 Å². The lowest BCUT2D eigenvalue weighted by atomic mass is 9.94. The first kappa shape index (κ1) is 12.9. The zero-order chi connectivity index (χ0) is 13.0. The van der Waals surface area contributed by atoms with E-state index in [1.807, 2.05) is 31.0 Å². The molecule has 0 bridgehead atoms. The highest BCUT2D eigenvalue weighted by molar-refractivity contribution is 5.91. The van der Waals surface area contributed by atoms with E-state index in [1.54, 1.807) is 12.2 Å². The first-order valence-corrected chi connectivity index (χ1v) is 6.68. The van der Waals surface area contributed by atoms with Gasteiger partial charge >= 0.3 is 0 Å². The molecule has 1 aliphatic rings. The van der Waals surface area contributed by atoms with Gasteiger partial charge in [0, 0.05) is 19.2 Å². The number of amides is 1. The van der Waals surface area contributed by atoms with Gasteiger partial charge in [0.25, 0.3) is 0 Å². The predicted molar refractivity (Wildman–Crippen MR) is 72.1 cm³/mol. The van der Waals surface area contributed by atoms with Crippen LogP contribution in [0.15, 0.2) is 22.6 Å². The molecule has 0 aliphatic heterocycles. The molecule has 1 aliphatic carbocycles. The highest BCUT2D eigenvalue weighted by atomic mass is 16.3. The zero-order valence-electron chi connectivity index (χ0n) is 11.2. The molecule has 1 aromatic rings. The molecule has 1 fully saturated rings. The number of aryl methyl sites for hydroxylation is 1. The SMILES string of the molecule is Cc1ccc(/C=C/C(=O)N(C)C2CCCCC2)o1. The molecule has 3 nitrogen and oxygen atoms in total. The summed E-state index contributed by atoms with van der Waals surface area (Å²) in [5.41, 5.74) is 0. The molecule has 0 spiro atoms. The third-order valence-electron chi connectivity index (χ3n) is 3.62. The van der Waals surface area contributed by atoms with Gasteiger partial charge in [0.05, 0.1) is 0 Å². The van der Waals surface area contributed by atoms with Crippen LogP contribution in [0.4, 0.5) is 0 Å². The second-order valence-corrected chi connectivity index (χ2v) is 5.02. The van der Waals surface area contributed by atoms with E-state index < -0.39 is 0 Å². The van der Waals surface area contributed by atoms with Crippen LogP contribution in [0.5, 0.6) is 0 Å². The first-order valence-electron chi connectivity index (χ1n) is 6.68. The Morgan fingerprint density at radius 3 is 2.67 bits per heavy atom. The van der Waals surface area contributed by atoms with Crippen LogP contribution >= 0.6 is 0 Å². The number of carbonyl (C=O) groups is 1. The summed E-state index contributed by atoms with van der Waals surface area (Å²) < 4.78 is 5.40. The lowest BCUT2D eigenvalue weighted by molar-refractivity contribution is -0.127. The van der Waals surface area contributed by atoms with Crippen LogP contribution < -0.4 is 0 Å². The maximum atomic E-state index is 12.0. The monoisotopic (exact) mass is 247 g/mol. The molecule has 0 atom stereocenters. The molecule has 18 heavy (non-hydrogen) atoms. The molecular formula is C15H21NO2. The van der Waals surface area contributed by atoms with Crippen LogP contribution in [-0.4, -0.2) is 23.9 Å². The van der Waals surface area contributed by atoms with E-state index in [-0.39, 0.29) is 5.91 Å². The molecule has 1 heterocycles. The Morgan fingerprint density at radius 1 is 1.33 bits per heavy atom. The molecule has 1 aromatic heterocycles. The molecule has 3 heteroatoms. The first-order chi connectivity index (χ1) is 8.66. The largest absolute Gasteiger partial charge is 0.462 e. The van der Waals surface area contributed by atoms with Crippen molar-refractivity contribution in [1.29, 1.82) is 0 Å². The summed E-state index contributed by atoms with van der Waals surface area (Å²) in [6.45, 7) is 1.90. The van der Waals surface area contributed by atoms with E-state index in [4.69, 9.17) is 4.42 Å². The van der Waals surface area contributed by atoms with Crippen LogP contribution in [0, 0.1) is 6.92 Å². The minimum atomic E-state index is 0.0657. The van der Waals surface area contributed by atoms with Crippen molar-refractivity contribution in [2.75, 3.05) is 7.05 Å². The normalized spacial score (nSPS) is 17.2. The van der Waals surface area contributed by atoms with Gasteiger partial charge in [-0.1, -0.05) is 19.3 Å². The standard InChI is InChI=1S/C15H21NO2/c1-12-8-9-14(18-12)10-11-15(17)16(2)13-6-4-3-5-7-13/h8-11,13H,3-7H2,1-2H3/b11-10+. The van der Waals surface area contributed by atoms with Gasteiger partial charge in [-0.2, -0.15) is 0 Å². The fourth-order valence-corrected chi connectivity index (χ4v) is 2.46. The number of hydrogen-bond acceptors (Lipinski definition) is 2. The second kappa shape index (κ2) is 5.89. The lowest BCUT2D eigenvalue weighted by Gasteiger charge is -2.30. The molecule has 1 saturated carbocycles. The molecule has 0 unspecified atom stereocenters. The van der Waals surface area contributed by atoms with Crippen molar-refractivity contribution >= 4 is 12.0 Å². The lowest BCUT2D eigenvalue weighted by Crippen LogP contribution is -2.37. The summed E-state index contributed by atoms with van der Waals surface area (Å²) in [6.07, 6.45) is 9.40. The maximum Gasteiger partial charge on any atom is 0.246 e. The third kappa shape index (κ3) is 3.25. The zero-order valence-corrected chi connectivity index (χ0v) is 11.2. The fraction of sp³-hybridized carbons (Fsp3) is 0.533. The summed E-state index contributed by atoms with van der Waals surface area (Å²) in [7, 11) is 1.90. The molecule has 1 amide bonds. The average molecular weight is 247 g/mol. The van der Waals surface area contributed by atoms with Crippen LogP contribution in [0.2, 0.25) is 0 Å². The summed E-state index contributed by atoms with van der Waals surface area (Å²) in [5.74, 6) is 1.66. The summed E-state index contributed by atoms with van der Waals surface area (Å²) in [4.78, 5) is 13.9. The van der Waals surface area contributed by atoms with Crippen molar-refractivity contribution in [3.05, 3.63) is 29.7 Å². The Morgan fingerprint density at radius 2 is 2.06 bits per heavy atom. The molecule has 0 N–H and O–H groups in total. The van der Waals surface area contributed by atoms with Crippen molar-refractivity contribution in [2.45, 2.75) is 45.1 Å². The third-order valence-corrected chi connectivity index (χ3v) is 3.62. The molecule has 0 aromatic carbocycles. The Bertz CT molecular complexity index is 427. The van der Waals surface area contributed by atoms with Crippen molar-refractivity contribution in [3.63, 3.8) is 0 Å². The van der Waals surface area contributed by atoms with Crippen molar-refractivity contribution in [1.82, 2.24) is 4.90 Å². The van der Waals surface area contributed by atoms with Crippen LogP contribution in [0.25, 0.3) is 6.08 Å². The number of nitrogens with zero attached hydrogens (tertiary/aromatic N) is 1. The summed E-state index contributed by atoms with van der Waals surface area (Å²) in [6, 6.07) is 4.18. The maximum absolute atomic E-state index is 12.0. The molecule has 2 rings (SSSR count). The highest BCUT2D eigenvalue weighted by Crippen LogP contribution is 2.21. The van der Waals surface area contributed by atoms with Gasteiger partial charge in [0.1, 0.15) is 11.5 Å². The smallest absolute Gasteiger partial charge is 0.246 e. The molecule has 0 saturated heterocycles. The molecule has 0 radical (unpaired) electrons. The topological polar surface area (TPSA) is 33.5 Å². The van der Waals surface area contributed by atoms with Gasteiger partial charge in [-0.3, -0.25) is 4.79 Å². The van der Waals surface area contributed by atoms with Crippen molar-refractivity contribution in [3.8, 4) is 0 Å². The van der Waals surface area contributed by atoms with E-state index in [1.165, 1.54) is 19.3 Å². The number of carbonyl (C=O) groups excluding carboxylic acids is 1. The Balaban J connectivity index is 1.92. The number of hydrogen-bond donors (Lipinski definition) is 0. The number of furan rings is 1. The van der Waals surface area contributed by atoms with Crippen molar-refractivity contribution < 1.29 is 9.21 Å². The van der Waals surface area contributed by atoms with Gasteiger partial charge in [0.2, 0.25) is 5.91 Å². The Kier molecular flexibility index (Phi) is 4.24. The van der Waals surface area contributed by atoms with E-state index in [0.717, 1.165) is 24.4 Å². The van der Waals surface area contributed by atoms with E-state index in [9.17, 15) is 4.79 Å². The van der Waals surface area contributed by atoms with Crippen molar-refractivity contribution in [2.24, 2.45) is 0 Å². The highest BCUT2D eigenvalue weighted by Gasteiger charge is 2.20. The molecular weight excluding hydrogens is 226 g/mol. The quantitative estimate of drug-likeness (QED) is 0.767. The molecule has 98 valence electrons. The van der Waals surface area contributed by atoms with Gasteiger partial charge in [-0.25, -0.2) is 0 Å². The minimum absolute atomic E-state index is 0.0657. The van der Waals surface area contributed by atoms with E-state index in [2.05, 4.69) is 0 Å². The Labute approximate surface area is 108 Å².